The first kappa shape index (κ1) is 17.7. The molecule has 23 heavy (non-hydrogen) atoms. The van der Waals surface area contributed by atoms with Crippen molar-refractivity contribution in [2.45, 2.75) is 42.5 Å². The fourth-order valence-corrected chi connectivity index (χ4v) is 3.74. The number of anilines is 1. The summed E-state index contributed by atoms with van der Waals surface area (Å²) < 4.78 is 22.8. The SMILES string of the molecule is CN(C)C1(CNc2ccc(S(N)(=O)=O)cc2C#N)CCCCC1. The Hall–Kier alpha value is -1.62. The van der Waals surface area contributed by atoms with Crippen LogP contribution >= 0.6 is 0 Å². The summed E-state index contributed by atoms with van der Waals surface area (Å²) in [6.07, 6.45) is 5.90. The minimum atomic E-state index is -3.80. The van der Waals surface area contributed by atoms with Gasteiger partial charge < -0.3 is 10.2 Å². The van der Waals surface area contributed by atoms with Crippen molar-refractivity contribution < 1.29 is 8.42 Å². The number of sulfonamides is 1. The molecule has 1 aliphatic carbocycles. The number of rotatable bonds is 5. The van der Waals surface area contributed by atoms with Crippen LogP contribution in [0.2, 0.25) is 0 Å². The number of nitriles is 1. The van der Waals surface area contributed by atoms with E-state index in [1.165, 1.54) is 31.4 Å². The molecule has 1 fully saturated rings. The maximum atomic E-state index is 11.4. The van der Waals surface area contributed by atoms with E-state index in [9.17, 15) is 13.7 Å². The van der Waals surface area contributed by atoms with Crippen LogP contribution in [0.3, 0.4) is 0 Å². The monoisotopic (exact) mass is 336 g/mol. The van der Waals surface area contributed by atoms with Crippen molar-refractivity contribution in [2.24, 2.45) is 5.14 Å². The second-order valence-corrected chi connectivity index (χ2v) is 7.96. The minimum absolute atomic E-state index is 0.0420. The lowest BCUT2D eigenvalue weighted by Crippen LogP contribution is -2.51. The molecule has 0 spiro atoms. The van der Waals surface area contributed by atoms with Crippen LogP contribution in [0.25, 0.3) is 0 Å². The van der Waals surface area contributed by atoms with E-state index in [0.717, 1.165) is 19.4 Å². The third-order valence-electron chi connectivity index (χ3n) is 4.78. The van der Waals surface area contributed by atoms with E-state index in [4.69, 9.17) is 5.14 Å². The summed E-state index contributed by atoms with van der Waals surface area (Å²) >= 11 is 0. The van der Waals surface area contributed by atoms with Crippen molar-refractivity contribution in [2.75, 3.05) is 26.0 Å². The molecule has 7 heteroatoms. The number of nitrogens with one attached hydrogen (secondary N) is 1. The Labute approximate surface area is 138 Å². The second-order valence-electron chi connectivity index (χ2n) is 6.40. The topological polar surface area (TPSA) is 99.2 Å². The Morgan fingerprint density at radius 1 is 1.30 bits per heavy atom. The van der Waals surface area contributed by atoms with E-state index in [2.05, 4.69) is 24.3 Å². The van der Waals surface area contributed by atoms with Gasteiger partial charge in [-0.05, 0) is 45.1 Å². The Morgan fingerprint density at radius 3 is 2.48 bits per heavy atom. The molecule has 3 N–H and O–H groups in total. The van der Waals surface area contributed by atoms with Crippen molar-refractivity contribution in [1.82, 2.24) is 4.90 Å². The zero-order valence-corrected chi connectivity index (χ0v) is 14.5. The molecule has 0 atom stereocenters. The molecule has 0 amide bonds. The predicted octanol–water partition coefficient (Wildman–Crippen LogP) is 1.88. The second kappa shape index (κ2) is 6.87. The van der Waals surface area contributed by atoms with E-state index in [1.54, 1.807) is 6.07 Å². The van der Waals surface area contributed by atoms with E-state index < -0.39 is 10.0 Å². The van der Waals surface area contributed by atoms with Crippen LogP contribution in [0, 0.1) is 11.3 Å². The predicted molar refractivity (Wildman–Crippen MR) is 90.5 cm³/mol. The molecule has 0 radical (unpaired) electrons. The largest absolute Gasteiger partial charge is 0.382 e. The van der Waals surface area contributed by atoms with Crippen molar-refractivity contribution in [3.8, 4) is 6.07 Å². The fraction of sp³-hybridized carbons (Fsp3) is 0.562. The number of hydrogen-bond acceptors (Lipinski definition) is 5. The third kappa shape index (κ3) is 4.02. The summed E-state index contributed by atoms with van der Waals surface area (Å²) in [6.45, 7) is 0.726. The Morgan fingerprint density at radius 2 is 1.96 bits per heavy atom. The van der Waals surface area contributed by atoms with E-state index in [1.807, 2.05) is 6.07 Å². The van der Waals surface area contributed by atoms with Gasteiger partial charge in [-0.2, -0.15) is 5.26 Å². The molecule has 1 aromatic carbocycles. The molecule has 0 bridgehead atoms. The standard InChI is InChI=1S/C16H24N4O2S/c1-20(2)16(8-4-3-5-9-16)12-19-15-7-6-14(23(18,21)22)10-13(15)11-17/h6-7,10,19H,3-5,8-9,12H2,1-2H3,(H2,18,21,22). The highest BCUT2D eigenvalue weighted by atomic mass is 32.2. The van der Waals surface area contributed by atoms with Gasteiger partial charge in [0.1, 0.15) is 6.07 Å². The Kier molecular flexibility index (Phi) is 5.30. The average molecular weight is 336 g/mol. The van der Waals surface area contributed by atoms with Crippen LogP contribution in [-0.4, -0.2) is 39.5 Å². The van der Waals surface area contributed by atoms with Crippen molar-refractivity contribution >= 4 is 15.7 Å². The highest BCUT2D eigenvalue weighted by molar-refractivity contribution is 7.89. The van der Waals surface area contributed by atoms with Gasteiger partial charge in [-0.15, -0.1) is 0 Å². The molecule has 0 heterocycles. The lowest BCUT2D eigenvalue weighted by Gasteiger charge is -2.43. The Bertz CT molecular complexity index is 701. The zero-order chi connectivity index (χ0) is 17.1. The summed E-state index contributed by atoms with van der Waals surface area (Å²) in [5.74, 6) is 0. The summed E-state index contributed by atoms with van der Waals surface area (Å²) in [4.78, 5) is 2.21. The van der Waals surface area contributed by atoms with Crippen LogP contribution in [-0.2, 0) is 10.0 Å². The number of likely N-dealkylation sites (N-methyl/N-ethyl adjacent to an activating group) is 1. The highest BCUT2D eigenvalue weighted by Gasteiger charge is 2.34. The quantitative estimate of drug-likeness (QED) is 0.855. The van der Waals surface area contributed by atoms with Gasteiger partial charge >= 0.3 is 0 Å². The first-order chi connectivity index (χ1) is 10.8. The van der Waals surface area contributed by atoms with Crippen LogP contribution < -0.4 is 10.5 Å². The molecule has 0 aromatic heterocycles. The Balaban J connectivity index is 2.21. The molecule has 1 saturated carbocycles. The molecule has 0 saturated heterocycles. The first-order valence-corrected chi connectivity index (χ1v) is 9.31. The first-order valence-electron chi connectivity index (χ1n) is 7.77. The normalized spacial score (nSPS) is 17.7. The number of primary sulfonamides is 1. The summed E-state index contributed by atoms with van der Waals surface area (Å²) in [7, 11) is 0.371. The maximum Gasteiger partial charge on any atom is 0.238 e. The van der Waals surface area contributed by atoms with Crippen molar-refractivity contribution in [3.63, 3.8) is 0 Å². The van der Waals surface area contributed by atoms with Gasteiger partial charge in [-0.25, -0.2) is 13.6 Å². The average Bonchev–Trinajstić information content (AvgIpc) is 2.52. The zero-order valence-electron chi connectivity index (χ0n) is 13.7. The molecular weight excluding hydrogens is 312 g/mol. The van der Waals surface area contributed by atoms with Gasteiger partial charge in [-0.1, -0.05) is 19.3 Å². The van der Waals surface area contributed by atoms with Gasteiger partial charge in [0.2, 0.25) is 10.0 Å². The van der Waals surface area contributed by atoms with Gasteiger partial charge in [0.15, 0.2) is 0 Å². The highest BCUT2D eigenvalue weighted by Crippen LogP contribution is 2.33. The lowest BCUT2D eigenvalue weighted by atomic mass is 9.80. The minimum Gasteiger partial charge on any atom is -0.382 e. The van der Waals surface area contributed by atoms with Crippen LogP contribution in [0.4, 0.5) is 5.69 Å². The van der Waals surface area contributed by atoms with Crippen molar-refractivity contribution in [3.05, 3.63) is 23.8 Å². The molecular formula is C16H24N4O2S. The fourth-order valence-electron chi connectivity index (χ4n) is 3.20. The van der Waals surface area contributed by atoms with Gasteiger partial charge in [-0.3, -0.25) is 0 Å². The van der Waals surface area contributed by atoms with Crippen LogP contribution in [0.15, 0.2) is 23.1 Å². The number of benzene rings is 1. The van der Waals surface area contributed by atoms with Gasteiger partial charge in [0, 0.05) is 12.1 Å². The van der Waals surface area contributed by atoms with Crippen LogP contribution in [0.1, 0.15) is 37.7 Å². The number of nitrogens with zero attached hydrogens (tertiary/aromatic N) is 2. The summed E-state index contributed by atoms with van der Waals surface area (Å²) in [5, 5.41) is 17.7. The third-order valence-corrected chi connectivity index (χ3v) is 5.69. The van der Waals surface area contributed by atoms with Gasteiger partial charge in [0.05, 0.1) is 16.1 Å². The molecule has 0 unspecified atom stereocenters. The number of hydrogen-bond donors (Lipinski definition) is 2. The summed E-state index contributed by atoms with van der Waals surface area (Å²) in [6, 6.07) is 6.41. The van der Waals surface area contributed by atoms with Gasteiger partial charge in [0.25, 0.3) is 0 Å². The molecule has 0 aliphatic heterocycles. The molecule has 1 aromatic rings. The molecule has 1 aliphatic rings. The lowest BCUT2D eigenvalue weighted by molar-refractivity contribution is 0.113. The van der Waals surface area contributed by atoms with E-state index >= 15 is 0 Å². The molecule has 2 rings (SSSR count). The summed E-state index contributed by atoms with van der Waals surface area (Å²) in [5.41, 5.74) is 1.01. The smallest absolute Gasteiger partial charge is 0.238 e. The van der Waals surface area contributed by atoms with Crippen LogP contribution in [0.5, 0.6) is 0 Å². The molecule has 6 nitrogen and oxygen atoms in total. The number of nitrogens with two attached hydrogens (primary N) is 1. The maximum absolute atomic E-state index is 11.4. The molecule has 126 valence electrons. The van der Waals surface area contributed by atoms with Crippen molar-refractivity contribution in [1.29, 1.82) is 5.26 Å². The van der Waals surface area contributed by atoms with E-state index in [0.29, 0.717) is 11.3 Å². The van der Waals surface area contributed by atoms with E-state index in [-0.39, 0.29) is 10.4 Å².